The number of pyridine rings is 1. The summed E-state index contributed by atoms with van der Waals surface area (Å²) in [6, 6.07) is 0. The topological polar surface area (TPSA) is 99.1 Å². The van der Waals surface area contributed by atoms with Crippen LogP contribution in [0.3, 0.4) is 0 Å². The summed E-state index contributed by atoms with van der Waals surface area (Å²) in [6.07, 6.45) is -2.31. The highest BCUT2D eigenvalue weighted by Gasteiger charge is 2.29. The molecule has 15 heavy (non-hydrogen) atoms. The van der Waals surface area contributed by atoms with Crippen LogP contribution in [0.5, 0.6) is 0 Å². The molecule has 0 aliphatic rings. The Balaban J connectivity index is 3.58. The van der Waals surface area contributed by atoms with Crippen LogP contribution in [0.2, 0.25) is 0 Å². The van der Waals surface area contributed by atoms with Gasteiger partial charge in [0, 0.05) is 0 Å². The van der Waals surface area contributed by atoms with Crippen molar-refractivity contribution in [1.29, 1.82) is 0 Å². The fourth-order valence-corrected chi connectivity index (χ4v) is 1.05. The van der Waals surface area contributed by atoms with E-state index in [-0.39, 0.29) is 6.29 Å². The Morgan fingerprint density at radius 2 is 2.20 bits per heavy atom. The molecule has 1 aromatic heterocycles. The van der Waals surface area contributed by atoms with Crippen molar-refractivity contribution in [2.45, 2.75) is 6.43 Å². The van der Waals surface area contributed by atoms with Gasteiger partial charge >= 0.3 is 5.69 Å². The van der Waals surface area contributed by atoms with E-state index in [0.29, 0.717) is 0 Å². The molecule has 0 bridgehead atoms. The number of rotatable bonds is 3. The zero-order chi connectivity index (χ0) is 11.6. The number of aromatic nitrogens is 1. The van der Waals surface area contributed by atoms with E-state index >= 15 is 0 Å². The summed E-state index contributed by atoms with van der Waals surface area (Å²) in [4.78, 5) is 23.0. The van der Waals surface area contributed by atoms with E-state index in [1.165, 1.54) is 0 Å². The molecule has 0 aliphatic heterocycles. The number of aldehydes is 1. The predicted molar refractivity (Wildman–Crippen MR) is 45.6 cm³/mol. The molecule has 1 aromatic rings. The van der Waals surface area contributed by atoms with Crippen molar-refractivity contribution < 1.29 is 18.5 Å². The van der Waals surface area contributed by atoms with E-state index < -0.39 is 34.0 Å². The molecule has 0 fully saturated rings. The lowest BCUT2D eigenvalue weighted by Crippen LogP contribution is -2.06. The van der Waals surface area contributed by atoms with Crippen LogP contribution in [-0.4, -0.2) is 16.2 Å². The van der Waals surface area contributed by atoms with Gasteiger partial charge in [0.25, 0.3) is 6.43 Å². The van der Waals surface area contributed by atoms with Crippen LogP contribution >= 0.6 is 0 Å². The molecule has 6 nitrogen and oxygen atoms in total. The normalized spacial score (nSPS) is 10.3. The van der Waals surface area contributed by atoms with Gasteiger partial charge in [-0.15, -0.1) is 0 Å². The lowest BCUT2D eigenvalue weighted by Gasteiger charge is -2.05. The molecule has 1 rings (SSSR count). The molecule has 0 unspecified atom stereocenters. The Bertz CT molecular complexity index is 422. The molecular formula is C7H5F2N3O3. The number of nitro groups is 1. The van der Waals surface area contributed by atoms with E-state index in [9.17, 15) is 23.7 Å². The number of nitrogen functional groups attached to an aromatic ring is 1. The summed E-state index contributed by atoms with van der Waals surface area (Å²) in [6.45, 7) is 0. The van der Waals surface area contributed by atoms with Crippen molar-refractivity contribution in [2.75, 3.05) is 5.73 Å². The monoisotopic (exact) mass is 217 g/mol. The van der Waals surface area contributed by atoms with Gasteiger partial charge in [0.2, 0.25) is 0 Å². The molecular weight excluding hydrogens is 212 g/mol. The summed E-state index contributed by atoms with van der Waals surface area (Å²) >= 11 is 0. The number of anilines is 1. The molecule has 8 heteroatoms. The Morgan fingerprint density at radius 1 is 1.60 bits per heavy atom. The van der Waals surface area contributed by atoms with Crippen molar-refractivity contribution in [2.24, 2.45) is 0 Å². The predicted octanol–water partition coefficient (Wildman–Crippen LogP) is 1.32. The average molecular weight is 217 g/mol. The molecule has 0 saturated heterocycles. The molecule has 2 N–H and O–H groups in total. The van der Waals surface area contributed by atoms with Crippen LogP contribution in [0.15, 0.2) is 6.20 Å². The van der Waals surface area contributed by atoms with Crippen molar-refractivity contribution in [3.05, 3.63) is 27.6 Å². The molecule has 0 aliphatic carbocycles. The van der Waals surface area contributed by atoms with Gasteiger partial charge < -0.3 is 5.73 Å². The summed E-state index contributed by atoms with van der Waals surface area (Å²) in [5.41, 5.74) is 1.93. The fraction of sp³-hybridized carbons (Fsp3) is 0.143. The van der Waals surface area contributed by atoms with Crippen LogP contribution < -0.4 is 5.73 Å². The Morgan fingerprint density at radius 3 is 2.60 bits per heavy atom. The fourth-order valence-electron chi connectivity index (χ4n) is 1.05. The number of alkyl halides is 2. The van der Waals surface area contributed by atoms with Gasteiger partial charge in [-0.25, -0.2) is 13.8 Å². The second kappa shape index (κ2) is 3.95. The Labute approximate surface area is 81.9 Å². The van der Waals surface area contributed by atoms with Gasteiger partial charge in [-0.2, -0.15) is 0 Å². The summed E-state index contributed by atoms with van der Waals surface area (Å²) in [5, 5.41) is 10.5. The van der Waals surface area contributed by atoms with Gasteiger partial charge in [0.1, 0.15) is 5.56 Å². The first kappa shape index (κ1) is 11.0. The number of nitrogens with two attached hydrogens (primary N) is 1. The molecule has 80 valence electrons. The summed E-state index contributed by atoms with van der Waals surface area (Å²) in [5.74, 6) is 0. The van der Waals surface area contributed by atoms with Gasteiger partial charge in [-0.3, -0.25) is 14.9 Å². The molecule has 0 radical (unpaired) electrons. The molecule has 0 saturated carbocycles. The maximum absolute atomic E-state index is 12.4. The van der Waals surface area contributed by atoms with Crippen LogP contribution in [0.1, 0.15) is 22.5 Å². The first-order chi connectivity index (χ1) is 6.99. The number of carbonyl (C=O) groups excluding carboxylic acids is 1. The summed E-state index contributed by atoms with van der Waals surface area (Å²) < 4.78 is 24.9. The zero-order valence-electron chi connectivity index (χ0n) is 7.18. The minimum Gasteiger partial charge on any atom is -0.397 e. The van der Waals surface area contributed by atoms with Crippen molar-refractivity contribution >= 4 is 17.7 Å². The Hall–Kier alpha value is -2.12. The van der Waals surface area contributed by atoms with Crippen molar-refractivity contribution in [3.8, 4) is 0 Å². The van der Waals surface area contributed by atoms with E-state index in [1.807, 2.05) is 0 Å². The minimum absolute atomic E-state index is 0.0312. The van der Waals surface area contributed by atoms with Gasteiger partial charge in [0.15, 0.2) is 12.0 Å². The number of hydrogen-bond acceptors (Lipinski definition) is 5. The molecule has 1 heterocycles. The van der Waals surface area contributed by atoms with E-state index in [0.717, 1.165) is 6.20 Å². The van der Waals surface area contributed by atoms with Crippen LogP contribution in [0.25, 0.3) is 0 Å². The lowest BCUT2D eigenvalue weighted by molar-refractivity contribution is -0.386. The molecule has 0 spiro atoms. The highest BCUT2D eigenvalue weighted by molar-refractivity contribution is 5.81. The molecule has 0 aromatic carbocycles. The largest absolute Gasteiger partial charge is 0.397 e. The van der Waals surface area contributed by atoms with Crippen LogP contribution in [0, 0.1) is 10.1 Å². The SMILES string of the molecule is Nc1cnc(C=O)c([N+](=O)[O-])c1C(F)F. The number of hydrogen-bond donors (Lipinski definition) is 1. The van der Waals surface area contributed by atoms with Gasteiger partial charge in [-0.05, 0) is 0 Å². The first-order valence-electron chi connectivity index (χ1n) is 3.65. The quantitative estimate of drug-likeness (QED) is 0.467. The van der Waals surface area contributed by atoms with E-state index in [4.69, 9.17) is 5.73 Å². The van der Waals surface area contributed by atoms with Crippen molar-refractivity contribution in [1.82, 2.24) is 4.98 Å². The highest BCUT2D eigenvalue weighted by atomic mass is 19.3. The third-order valence-corrected chi connectivity index (χ3v) is 1.66. The Kier molecular flexibility index (Phi) is 2.88. The standard InChI is InChI=1S/C7H5F2N3O3/c8-7(9)5-3(10)1-11-4(2-13)6(5)12(14)15/h1-2,7H,10H2. The lowest BCUT2D eigenvalue weighted by atomic mass is 10.1. The number of nitrogens with zero attached hydrogens (tertiary/aromatic N) is 2. The maximum Gasteiger partial charge on any atom is 0.309 e. The number of halogens is 2. The molecule has 0 amide bonds. The highest BCUT2D eigenvalue weighted by Crippen LogP contribution is 2.34. The van der Waals surface area contributed by atoms with Crippen LogP contribution in [0.4, 0.5) is 20.2 Å². The van der Waals surface area contributed by atoms with Gasteiger partial charge in [0.05, 0.1) is 16.8 Å². The summed E-state index contributed by atoms with van der Waals surface area (Å²) in [7, 11) is 0. The first-order valence-corrected chi connectivity index (χ1v) is 3.65. The van der Waals surface area contributed by atoms with E-state index in [2.05, 4.69) is 4.98 Å². The third kappa shape index (κ3) is 1.87. The minimum atomic E-state index is -3.13. The van der Waals surface area contributed by atoms with Gasteiger partial charge in [-0.1, -0.05) is 0 Å². The average Bonchev–Trinajstić information content (AvgIpc) is 2.16. The number of carbonyl (C=O) groups is 1. The molecule has 0 atom stereocenters. The smallest absolute Gasteiger partial charge is 0.309 e. The second-order valence-electron chi connectivity index (χ2n) is 2.54. The second-order valence-corrected chi connectivity index (χ2v) is 2.54. The third-order valence-electron chi connectivity index (χ3n) is 1.66. The van der Waals surface area contributed by atoms with Crippen molar-refractivity contribution in [3.63, 3.8) is 0 Å². The van der Waals surface area contributed by atoms with Crippen LogP contribution in [-0.2, 0) is 0 Å². The maximum atomic E-state index is 12.4. The zero-order valence-corrected chi connectivity index (χ0v) is 7.18. The van der Waals surface area contributed by atoms with E-state index in [1.54, 1.807) is 0 Å².